The van der Waals surface area contributed by atoms with Gasteiger partial charge in [-0.15, -0.1) is 0 Å². The minimum Gasteiger partial charge on any atom is -0.427 e. The van der Waals surface area contributed by atoms with Crippen molar-refractivity contribution in [1.82, 2.24) is 0 Å². The Morgan fingerprint density at radius 2 is 1.33 bits per heavy atom. The van der Waals surface area contributed by atoms with Crippen molar-refractivity contribution in [3.8, 4) is 0 Å². The molecule has 74 valence electrons. The summed E-state index contributed by atoms with van der Waals surface area (Å²) in [5.41, 5.74) is 0. The first kappa shape index (κ1) is 14.5. The van der Waals surface area contributed by atoms with Gasteiger partial charge in [0.15, 0.2) is 0 Å². The second-order valence-electron chi connectivity index (χ2n) is 2.98. The van der Waals surface area contributed by atoms with Crippen molar-refractivity contribution in [3.63, 3.8) is 0 Å². The van der Waals surface area contributed by atoms with Gasteiger partial charge in [-0.05, 0) is 6.32 Å². The minimum absolute atomic E-state index is 0.522. The van der Waals surface area contributed by atoms with Gasteiger partial charge in [0.25, 0.3) is 0 Å². The smallest absolute Gasteiger partial charge is 0.427 e. The van der Waals surface area contributed by atoms with Crippen LogP contribution in [0.25, 0.3) is 0 Å². The molecule has 0 heterocycles. The van der Waals surface area contributed by atoms with Crippen LogP contribution in [0, 0.1) is 0 Å². The molecule has 0 unspecified atom stereocenters. The Kier molecular flexibility index (Phi) is 16.4. The molecule has 3 heteroatoms. The number of hydrogen-bond donors (Lipinski definition) is 2. The summed E-state index contributed by atoms with van der Waals surface area (Å²) in [5.74, 6) is 0. The van der Waals surface area contributed by atoms with E-state index in [1.807, 2.05) is 0 Å². The Balaban J connectivity index is 0. The van der Waals surface area contributed by atoms with Crippen molar-refractivity contribution in [1.29, 1.82) is 0 Å². The van der Waals surface area contributed by atoms with E-state index in [9.17, 15) is 0 Å². The van der Waals surface area contributed by atoms with Crippen LogP contribution in [-0.4, -0.2) is 17.2 Å². The van der Waals surface area contributed by atoms with Crippen LogP contribution in [0.2, 0.25) is 6.32 Å². The molecule has 0 aliphatic carbocycles. The molecule has 0 saturated carbocycles. The summed E-state index contributed by atoms with van der Waals surface area (Å²) in [6.45, 7) is 6.45. The zero-order valence-electron chi connectivity index (χ0n) is 8.71. The van der Waals surface area contributed by atoms with Gasteiger partial charge in [0.2, 0.25) is 0 Å². The third kappa shape index (κ3) is 22.5. The summed E-state index contributed by atoms with van der Waals surface area (Å²) < 4.78 is 0. The van der Waals surface area contributed by atoms with Crippen LogP contribution in [0.1, 0.15) is 52.9 Å². The SMILES string of the molecule is CCCC.CCCCCB(O)O. The van der Waals surface area contributed by atoms with E-state index in [-0.39, 0.29) is 0 Å². The summed E-state index contributed by atoms with van der Waals surface area (Å²) in [6, 6.07) is 0. The quantitative estimate of drug-likeness (QED) is 0.496. The van der Waals surface area contributed by atoms with E-state index in [2.05, 4.69) is 20.8 Å². The monoisotopic (exact) mass is 174 g/mol. The molecule has 0 aliphatic heterocycles. The van der Waals surface area contributed by atoms with Crippen molar-refractivity contribution in [3.05, 3.63) is 0 Å². The van der Waals surface area contributed by atoms with Crippen LogP contribution in [0.3, 0.4) is 0 Å². The van der Waals surface area contributed by atoms with Gasteiger partial charge in [-0.3, -0.25) is 0 Å². The fourth-order valence-corrected chi connectivity index (χ4v) is 0.577. The summed E-state index contributed by atoms with van der Waals surface area (Å²) in [4.78, 5) is 0. The predicted molar refractivity (Wildman–Crippen MR) is 55.1 cm³/mol. The average Bonchev–Trinajstić information content (AvgIpc) is 2.05. The molecular formula is C9H23BO2. The lowest BCUT2D eigenvalue weighted by Crippen LogP contribution is -2.09. The molecule has 0 spiro atoms. The van der Waals surface area contributed by atoms with Crippen molar-refractivity contribution in [2.75, 3.05) is 0 Å². The molecule has 0 saturated heterocycles. The minimum atomic E-state index is -1.10. The molecule has 0 rings (SSSR count). The van der Waals surface area contributed by atoms with Crippen LogP contribution in [0.15, 0.2) is 0 Å². The zero-order chi connectivity index (χ0) is 9.82. The molecule has 12 heavy (non-hydrogen) atoms. The first-order valence-corrected chi connectivity index (χ1v) is 5.05. The molecule has 2 nitrogen and oxygen atoms in total. The van der Waals surface area contributed by atoms with E-state index < -0.39 is 7.12 Å². The summed E-state index contributed by atoms with van der Waals surface area (Å²) in [5, 5.41) is 16.7. The maximum absolute atomic E-state index is 8.33. The Labute approximate surface area is 77.1 Å². The highest BCUT2D eigenvalue weighted by atomic mass is 16.4. The lowest BCUT2D eigenvalue weighted by atomic mass is 9.84. The Morgan fingerprint density at radius 3 is 1.58 bits per heavy atom. The fraction of sp³-hybridized carbons (Fsp3) is 1.00. The molecule has 0 atom stereocenters. The molecule has 0 radical (unpaired) electrons. The van der Waals surface area contributed by atoms with Gasteiger partial charge in [-0.25, -0.2) is 0 Å². The van der Waals surface area contributed by atoms with E-state index in [0.29, 0.717) is 6.32 Å². The summed E-state index contributed by atoms with van der Waals surface area (Å²) in [7, 11) is -1.10. The summed E-state index contributed by atoms with van der Waals surface area (Å²) in [6.07, 6.45) is 6.31. The highest BCUT2D eigenvalue weighted by Crippen LogP contribution is 1.99. The fourth-order valence-electron chi connectivity index (χ4n) is 0.577. The van der Waals surface area contributed by atoms with Crippen LogP contribution in [0.4, 0.5) is 0 Å². The molecule has 0 aromatic heterocycles. The molecule has 0 amide bonds. The third-order valence-corrected chi connectivity index (χ3v) is 1.57. The summed E-state index contributed by atoms with van der Waals surface area (Å²) >= 11 is 0. The maximum atomic E-state index is 8.33. The van der Waals surface area contributed by atoms with Crippen molar-refractivity contribution < 1.29 is 10.0 Å². The van der Waals surface area contributed by atoms with E-state index in [1.165, 1.54) is 12.8 Å². The lowest BCUT2D eigenvalue weighted by Gasteiger charge is -1.94. The van der Waals surface area contributed by atoms with Gasteiger partial charge in [-0.1, -0.05) is 52.9 Å². The molecule has 0 fully saturated rings. The predicted octanol–water partition coefficient (Wildman–Crippen LogP) is 2.46. The number of unbranched alkanes of at least 4 members (excludes halogenated alkanes) is 3. The lowest BCUT2D eigenvalue weighted by molar-refractivity contribution is 0.402. The van der Waals surface area contributed by atoms with Crippen LogP contribution < -0.4 is 0 Å². The Morgan fingerprint density at radius 1 is 0.833 bits per heavy atom. The standard InChI is InChI=1S/C5H13BO2.C4H10/c1-2-3-4-5-6(7)8;1-3-4-2/h7-8H,2-5H2,1H3;3-4H2,1-2H3. The Bertz CT molecular complexity index is 65.5. The van der Waals surface area contributed by atoms with Crippen LogP contribution >= 0.6 is 0 Å². The van der Waals surface area contributed by atoms with Crippen molar-refractivity contribution in [2.24, 2.45) is 0 Å². The normalized spacial score (nSPS) is 8.75. The van der Waals surface area contributed by atoms with E-state index in [1.54, 1.807) is 0 Å². The molecular weight excluding hydrogens is 151 g/mol. The number of hydrogen-bond acceptors (Lipinski definition) is 2. The van der Waals surface area contributed by atoms with Gasteiger partial charge < -0.3 is 10.0 Å². The average molecular weight is 174 g/mol. The number of rotatable bonds is 5. The van der Waals surface area contributed by atoms with Gasteiger partial charge >= 0.3 is 7.12 Å². The molecule has 0 aliphatic rings. The maximum Gasteiger partial charge on any atom is 0.451 e. The Hall–Kier alpha value is -0.0151. The van der Waals surface area contributed by atoms with Crippen molar-refractivity contribution >= 4 is 7.12 Å². The van der Waals surface area contributed by atoms with E-state index >= 15 is 0 Å². The van der Waals surface area contributed by atoms with E-state index in [0.717, 1.165) is 19.3 Å². The van der Waals surface area contributed by atoms with Gasteiger partial charge in [0.05, 0.1) is 0 Å². The largest absolute Gasteiger partial charge is 0.451 e. The van der Waals surface area contributed by atoms with Crippen molar-refractivity contribution in [2.45, 2.75) is 59.2 Å². The van der Waals surface area contributed by atoms with Crippen LogP contribution in [-0.2, 0) is 0 Å². The second kappa shape index (κ2) is 13.6. The molecule has 2 N–H and O–H groups in total. The third-order valence-electron chi connectivity index (χ3n) is 1.57. The molecule has 0 aromatic carbocycles. The second-order valence-corrected chi connectivity index (χ2v) is 2.98. The highest BCUT2D eigenvalue weighted by Gasteiger charge is 2.03. The molecule has 0 aromatic rings. The van der Waals surface area contributed by atoms with Crippen LogP contribution in [0.5, 0.6) is 0 Å². The van der Waals surface area contributed by atoms with E-state index in [4.69, 9.17) is 10.0 Å². The first-order chi connectivity index (χ1) is 5.68. The first-order valence-electron chi connectivity index (χ1n) is 5.05. The van der Waals surface area contributed by atoms with Gasteiger partial charge in [-0.2, -0.15) is 0 Å². The zero-order valence-corrected chi connectivity index (χ0v) is 8.71. The topological polar surface area (TPSA) is 40.5 Å². The molecule has 0 bridgehead atoms. The highest BCUT2D eigenvalue weighted by molar-refractivity contribution is 6.40. The van der Waals surface area contributed by atoms with Gasteiger partial charge in [0.1, 0.15) is 0 Å². The van der Waals surface area contributed by atoms with Gasteiger partial charge in [0, 0.05) is 0 Å².